The van der Waals surface area contributed by atoms with E-state index in [9.17, 15) is 18.7 Å². The molecule has 0 amide bonds. The van der Waals surface area contributed by atoms with Crippen molar-refractivity contribution in [3.05, 3.63) is 0 Å². The van der Waals surface area contributed by atoms with Gasteiger partial charge in [-0.15, -0.1) is 0 Å². The molecule has 3 nitrogen and oxygen atoms in total. The molecule has 5 heteroatoms. The average molecular weight is 264 g/mol. The van der Waals surface area contributed by atoms with Gasteiger partial charge in [0.15, 0.2) is 0 Å². The van der Waals surface area contributed by atoms with Crippen LogP contribution in [-0.2, 0) is 9.53 Å². The predicted octanol–water partition coefficient (Wildman–Crippen LogP) is 2.76. The molecule has 2 unspecified atom stereocenters. The summed E-state index contributed by atoms with van der Waals surface area (Å²) >= 11 is 0. The lowest BCUT2D eigenvalue weighted by Crippen LogP contribution is -2.56. The minimum absolute atomic E-state index is 0.0176. The summed E-state index contributed by atoms with van der Waals surface area (Å²) in [6.45, 7) is 5.24. The highest BCUT2D eigenvalue weighted by Crippen LogP contribution is 2.45. The first-order valence-corrected chi connectivity index (χ1v) is 6.52. The van der Waals surface area contributed by atoms with Crippen molar-refractivity contribution < 1.29 is 23.4 Å². The second-order valence-corrected chi connectivity index (χ2v) is 5.43. The lowest BCUT2D eigenvalue weighted by Gasteiger charge is -2.41. The van der Waals surface area contributed by atoms with E-state index in [1.807, 2.05) is 13.8 Å². The number of ether oxygens (including phenoxy) is 1. The molecule has 1 N–H and O–H groups in total. The minimum atomic E-state index is -3.82. The molecule has 1 fully saturated rings. The Morgan fingerprint density at radius 2 is 2.17 bits per heavy atom. The molecule has 1 saturated carbocycles. The number of halogens is 2. The summed E-state index contributed by atoms with van der Waals surface area (Å²) in [4.78, 5) is 11.3. The standard InChI is InChI=1S/C13H22F2O3/c1-4-18-11(16)13(14,15)12(17)7-5-6-10(8-12)9(2)3/h9-10,17H,4-8H2,1-3H3. The first-order chi connectivity index (χ1) is 8.24. The zero-order chi connectivity index (χ0) is 14.0. The van der Waals surface area contributed by atoms with E-state index in [2.05, 4.69) is 4.74 Å². The second kappa shape index (κ2) is 5.51. The summed E-state index contributed by atoms with van der Waals surface area (Å²) in [6.07, 6.45) is 1.23. The van der Waals surface area contributed by atoms with Crippen molar-refractivity contribution >= 4 is 5.97 Å². The molecule has 106 valence electrons. The van der Waals surface area contributed by atoms with E-state index in [-0.39, 0.29) is 31.3 Å². The lowest BCUT2D eigenvalue weighted by molar-refractivity contribution is -0.225. The average Bonchev–Trinajstić information content (AvgIpc) is 2.29. The summed E-state index contributed by atoms with van der Waals surface area (Å²) in [5.74, 6) is -5.20. The minimum Gasteiger partial charge on any atom is -0.461 e. The van der Waals surface area contributed by atoms with Crippen LogP contribution in [0.2, 0.25) is 0 Å². The Bertz CT molecular complexity index is 305. The molecule has 1 aliphatic rings. The Labute approximate surface area is 107 Å². The van der Waals surface area contributed by atoms with E-state index in [4.69, 9.17) is 0 Å². The van der Waals surface area contributed by atoms with Crippen molar-refractivity contribution in [2.24, 2.45) is 11.8 Å². The van der Waals surface area contributed by atoms with Crippen molar-refractivity contribution in [1.82, 2.24) is 0 Å². The van der Waals surface area contributed by atoms with Gasteiger partial charge in [-0.2, -0.15) is 8.78 Å². The predicted molar refractivity (Wildman–Crippen MR) is 63.3 cm³/mol. The van der Waals surface area contributed by atoms with E-state index < -0.39 is 17.5 Å². The number of hydrogen-bond donors (Lipinski definition) is 1. The highest BCUT2D eigenvalue weighted by atomic mass is 19.3. The third kappa shape index (κ3) is 2.82. The summed E-state index contributed by atoms with van der Waals surface area (Å²) < 4.78 is 32.3. The Kier molecular flexibility index (Phi) is 4.70. The van der Waals surface area contributed by atoms with Gasteiger partial charge in [-0.3, -0.25) is 0 Å². The van der Waals surface area contributed by atoms with Crippen molar-refractivity contribution in [3.63, 3.8) is 0 Å². The van der Waals surface area contributed by atoms with Gasteiger partial charge in [-0.05, 0) is 38.0 Å². The van der Waals surface area contributed by atoms with E-state index in [1.54, 1.807) is 0 Å². The van der Waals surface area contributed by atoms with Crippen molar-refractivity contribution in [2.45, 2.75) is 58.0 Å². The molecular formula is C13H22F2O3. The van der Waals surface area contributed by atoms with E-state index in [0.29, 0.717) is 6.42 Å². The molecule has 0 aromatic rings. The number of carbonyl (C=O) groups is 1. The van der Waals surface area contributed by atoms with Crippen LogP contribution in [-0.4, -0.2) is 29.2 Å². The molecule has 18 heavy (non-hydrogen) atoms. The number of rotatable bonds is 4. The maximum atomic E-state index is 14.0. The van der Waals surface area contributed by atoms with Gasteiger partial charge >= 0.3 is 11.9 Å². The number of carbonyl (C=O) groups excluding carboxylic acids is 1. The van der Waals surface area contributed by atoms with Gasteiger partial charge in [-0.25, -0.2) is 4.79 Å². The third-order valence-corrected chi connectivity index (χ3v) is 3.82. The number of hydrogen-bond acceptors (Lipinski definition) is 3. The zero-order valence-electron chi connectivity index (χ0n) is 11.2. The fourth-order valence-electron chi connectivity index (χ4n) is 2.56. The lowest BCUT2D eigenvalue weighted by atomic mass is 9.71. The molecule has 0 bridgehead atoms. The van der Waals surface area contributed by atoms with Crippen LogP contribution < -0.4 is 0 Å². The van der Waals surface area contributed by atoms with Crippen LogP contribution >= 0.6 is 0 Å². The summed E-state index contributed by atoms with van der Waals surface area (Å²) in [5, 5.41) is 10.2. The molecule has 1 rings (SSSR count). The van der Waals surface area contributed by atoms with Crippen LogP contribution in [0.15, 0.2) is 0 Å². The molecule has 0 aromatic heterocycles. The molecule has 0 radical (unpaired) electrons. The van der Waals surface area contributed by atoms with Crippen LogP contribution in [0, 0.1) is 11.8 Å². The summed E-state index contributed by atoms with van der Waals surface area (Å²) in [5.41, 5.74) is -2.26. The Hall–Kier alpha value is -0.710. The first kappa shape index (κ1) is 15.3. The molecule has 0 heterocycles. The fraction of sp³-hybridized carbons (Fsp3) is 0.923. The molecule has 0 saturated heterocycles. The molecular weight excluding hydrogens is 242 g/mol. The molecule has 0 aliphatic heterocycles. The molecule has 0 aromatic carbocycles. The zero-order valence-corrected chi connectivity index (χ0v) is 11.2. The van der Waals surface area contributed by atoms with Crippen LogP contribution in [0.5, 0.6) is 0 Å². The Balaban J connectivity index is 2.87. The smallest absolute Gasteiger partial charge is 0.380 e. The Morgan fingerprint density at radius 1 is 1.56 bits per heavy atom. The van der Waals surface area contributed by atoms with Crippen molar-refractivity contribution in [1.29, 1.82) is 0 Å². The maximum Gasteiger partial charge on any atom is 0.380 e. The molecule has 1 aliphatic carbocycles. The van der Waals surface area contributed by atoms with E-state index >= 15 is 0 Å². The quantitative estimate of drug-likeness (QED) is 0.794. The van der Waals surface area contributed by atoms with Crippen LogP contribution in [0.1, 0.15) is 46.5 Å². The highest BCUT2D eigenvalue weighted by Gasteiger charge is 2.60. The van der Waals surface area contributed by atoms with Gasteiger partial charge in [-0.1, -0.05) is 20.3 Å². The molecule has 2 atom stereocenters. The van der Waals surface area contributed by atoms with Crippen LogP contribution in [0.3, 0.4) is 0 Å². The number of alkyl halides is 2. The van der Waals surface area contributed by atoms with E-state index in [0.717, 1.165) is 6.42 Å². The second-order valence-electron chi connectivity index (χ2n) is 5.43. The maximum absolute atomic E-state index is 14.0. The van der Waals surface area contributed by atoms with Gasteiger partial charge in [0, 0.05) is 0 Å². The number of aliphatic hydroxyl groups is 1. The summed E-state index contributed by atoms with van der Waals surface area (Å²) in [7, 11) is 0. The third-order valence-electron chi connectivity index (χ3n) is 3.82. The van der Waals surface area contributed by atoms with Gasteiger partial charge in [0.1, 0.15) is 5.60 Å². The van der Waals surface area contributed by atoms with Crippen LogP contribution in [0.25, 0.3) is 0 Å². The van der Waals surface area contributed by atoms with Crippen molar-refractivity contribution in [2.75, 3.05) is 6.61 Å². The van der Waals surface area contributed by atoms with Gasteiger partial charge in [0.2, 0.25) is 0 Å². The van der Waals surface area contributed by atoms with Gasteiger partial charge in [0.25, 0.3) is 0 Å². The highest BCUT2D eigenvalue weighted by molar-refractivity contribution is 5.79. The molecule has 0 spiro atoms. The Morgan fingerprint density at radius 3 is 2.67 bits per heavy atom. The van der Waals surface area contributed by atoms with E-state index in [1.165, 1.54) is 6.92 Å². The topological polar surface area (TPSA) is 46.5 Å². The largest absolute Gasteiger partial charge is 0.461 e. The van der Waals surface area contributed by atoms with Gasteiger partial charge in [0.05, 0.1) is 6.61 Å². The number of esters is 1. The van der Waals surface area contributed by atoms with Crippen LogP contribution in [0.4, 0.5) is 8.78 Å². The van der Waals surface area contributed by atoms with Gasteiger partial charge < -0.3 is 9.84 Å². The summed E-state index contributed by atoms with van der Waals surface area (Å²) in [6, 6.07) is 0. The SMILES string of the molecule is CCOC(=O)C(F)(F)C1(O)CCCC(C(C)C)C1. The normalized spacial score (nSPS) is 29.4. The fourth-order valence-corrected chi connectivity index (χ4v) is 2.56. The van der Waals surface area contributed by atoms with Crippen molar-refractivity contribution in [3.8, 4) is 0 Å². The monoisotopic (exact) mass is 264 g/mol. The first-order valence-electron chi connectivity index (χ1n) is 6.52.